The third-order valence-electron chi connectivity index (χ3n) is 5.00. The van der Waals surface area contributed by atoms with Gasteiger partial charge in [0.15, 0.2) is 0 Å². The van der Waals surface area contributed by atoms with Crippen LogP contribution in [0.15, 0.2) is 30.3 Å². The van der Waals surface area contributed by atoms with Gasteiger partial charge in [0.1, 0.15) is 5.75 Å². The molecule has 27 heavy (non-hydrogen) atoms. The molecule has 1 aliphatic heterocycles. The Labute approximate surface area is 166 Å². The summed E-state index contributed by atoms with van der Waals surface area (Å²) < 4.78 is 0. The van der Waals surface area contributed by atoms with Crippen LogP contribution in [0.5, 0.6) is 5.75 Å². The van der Waals surface area contributed by atoms with Gasteiger partial charge in [0.05, 0.1) is 0 Å². The summed E-state index contributed by atoms with van der Waals surface area (Å²) in [6, 6.07) is 9.93. The maximum atomic E-state index is 12.6. The van der Waals surface area contributed by atoms with Gasteiger partial charge in [-0.1, -0.05) is 33.8 Å². The Morgan fingerprint density at radius 3 is 2.26 bits per heavy atom. The lowest BCUT2D eigenvalue weighted by atomic mass is 9.90. The average molecular weight is 384 g/mol. The van der Waals surface area contributed by atoms with Gasteiger partial charge in [-0.05, 0) is 70.9 Å². The monoisotopic (exact) mass is 383 g/mol. The smallest absolute Gasteiger partial charge is 0.256 e. The number of anilines is 1. The zero-order valence-electron chi connectivity index (χ0n) is 16.3. The molecule has 2 aromatic carbocycles. The molecular formula is C23H26ClNO2. The van der Waals surface area contributed by atoms with Gasteiger partial charge >= 0.3 is 0 Å². The summed E-state index contributed by atoms with van der Waals surface area (Å²) in [7, 11) is 0. The van der Waals surface area contributed by atoms with E-state index < -0.39 is 0 Å². The first kappa shape index (κ1) is 19.5. The number of hydrogen-bond acceptors (Lipinski definition) is 2. The van der Waals surface area contributed by atoms with Crippen molar-refractivity contribution in [1.29, 1.82) is 0 Å². The summed E-state index contributed by atoms with van der Waals surface area (Å²) in [5.41, 5.74) is 6.25. The molecule has 0 spiro atoms. The fourth-order valence-electron chi connectivity index (χ4n) is 3.48. The number of fused-ring (bicyclic) bond motifs is 1. The van der Waals surface area contributed by atoms with Crippen molar-refractivity contribution in [3.63, 3.8) is 0 Å². The highest BCUT2D eigenvalue weighted by atomic mass is 35.5. The molecule has 0 bridgehead atoms. The SMILES string of the molecule is CC(C)c1cc(C=C2C(=O)Nc3ccc(CCCl)cc32)cc(C(C)C)c1O. The largest absolute Gasteiger partial charge is 0.507 e. The molecule has 1 amide bonds. The van der Waals surface area contributed by atoms with E-state index in [2.05, 4.69) is 33.0 Å². The van der Waals surface area contributed by atoms with E-state index in [-0.39, 0.29) is 17.7 Å². The van der Waals surface area contributed by atoms with E-state index in [1.54, 1.807) is 0 Å². The molecule has 142 valence electrons. The molecule has 0 atom stereocenters. The molecule has 0 fully saturated rings. The second-order valence-corrected chi connectivity index (χ2v) is 8.07. The Morgan fingerprint density at radius 2 is 1.70 bits per heavy atom. The number of carbonyl (C=O) groups is 1. The lowest BCUT2D eigenvalue weighted by Crippen LogP contribution is -2.04. The normalized spacial score (nSPS) is 14.9. The number of phenols is 1. The summed E-state index contributed by atoms with van der Waals surface area (Å²) in [6.07, 6.45) is 2.69. The number of aryl methyl sites for hydroxylation is 1. The highest BCUT2D eigenvalue weighted by molar-refractivity contribution is 6.35. The number of phenolic OH excluding ortho intramolecular Hbond substituents is 1. The highest BCUT2D eigenvalue weighted by Gasteiger charge is 2.25. The average Bonchev–Trinajstić information content (AvgIpc) is 2.91. The summed E-state index contributed by atoms with van der Waals surface area (Å²) >= 11 is 5.87. The van der Waals surface area contributed by atoms with E-state index in [1.807, 2.05) is 36.4 Å². The molecule has 2 aromatic rings. The number of halogens is 1. The van der Waals surface area contributed by atoms with Crippen LogP contribution in [0.25, 0.3) is 11.6 Å². The van der Waals surface area contributed by atoms with Crippen molar-refractivity contribution < 1.29 is 9.90 Å². The lowest BCUT2D eigenvalue weighted by Gasteiger charge is -2.16. The molecule has 0 saturated heterocycles. The van der Waals surface area contributed by atoms with Crippen molar-refractivity contribution in [2.24, 2.45) is 0 Å². The predicted octanol–water partition coefficient (Wildman–Crippen LogP) is 5.91. The van der Waals surface area contributed by atoms with E-state index in [0.717, 1.165) is 39.9 Å². The summed E-state index contributed by atoms with van der Waals surface area (Å²) in [5.74, 6) is 1.20. The number of aromatic hydroxyl groups is 1. The van der Waals surface area contributed by atoms with E-state index in [1.165, 1.54) is 0 Å². The molecule has 4 heteroatoms. The first-order valence-electron chi connectivity index (χ1n) is 9.41. The number of hydrogen-bond donors (Lipinski definition) is 2. The van der Waals surface area contributed by atoms with Crippen molar-refractivity contribution >= 4 is 34.8 Å². The molecule has 3 rings (SSSR count). The topological polar surface area (TPSA) is 49.3 Å². The van der Waals surface area contributed by atoms with Gasteiger partial charge in [-0.15, -0.1) is 11.6 Å². The fraction of sp³-hybridized carbons (Fsp3) is 0.348. The maximum Gasteiger partial charge on any atom is 0.256 e. The third-order valence-corrected chi connectivity index (χ3v) is 5.19. The summed E-state index contributed by atoms with van der Waals surface area (Å²) in [4.78, 5) is 12.6. The molecule has 0 aliphatic carbocycles. The van der Waals surface area contributed by atoms with Gasteiger partial charge < -0.3 is 10.4 Å². The van der Waals surface area contributed by atoms with Gasteiger partial charge in [-0.2, -0.15) is 0 Å². The van der Waals surface area contributed by atoms with Crippen LogP contribution in [0.2, 0.25) is 0 Å². The van der Waals surface area contributed by atoms with Crippen molar-refractivity contribution in [3.8, 4) is 5.75 Å². The van der Waals surface area contributed by atoms with E-state index in [9.17, 15) is 9.90 Å². The van der Waals surface area contributed by atoms with E-state index in [0.29, 0.717) is 17.2 Å². The Bertz CT molecular complexity index is 884. The van der Waals surface area contributed by atoms with Gasteiger partial charge in [0.25, 0.3) is 5.91 Å². The third kappa shape index (κ3) is 3.89. The van der Waals surface area contributed by atoms with Crippen LogP contribution in [-0.2, 0) is 11.2 Å². The van der Waals surface area contributed by atoms with Crippen molar-refractivity contribution in [2.45, 2.75) is 46.0 Å². The summed E-state index contributed by atoms with van der Waals surface area (Å²) in [6.45, 7) is 8.25. The second kappa shape index (κ2) is 7.77. The molecule has 1 aliphatic rings. The Hall–Kier alpha value is -2.26. The molecule has 3 nitrogen and oxygen atoms in total. The molecule has 1 heterocycles. The first-order valence-corrected chi connectivity index (χ1v) is 9.94. The number of alkyl halides is 1. The molecular weight excluding hydrogens is 358 g/mol. The number of amides is 1. The maximum absolute atomic E-state index is 12.6. The number of nitrogens with one attached hydrogen (secondary N) is 1. The molecule has 0 aromatic heterocycles. The minimum absolute atomic E-state index is 0.0988. The van der Waals surface area contributed by atoms with Crippen LogP contribution < -0.4 is 5.32 Å². The fourth-order valence-corrected chi connectivity index (χ4v) is 3.70. The molecule has 0 saturated carbocycles. The van der Waals surface area contributed by atoms with Crippen LogP contribution in [0.4, 0.5) is 5.69 Å². The molecule has 0 radical (unpaired) electrons. The molecule has 2 N–H and O–H groups in total. The minimum Gasteiger partial charge on any atom is -0.507 e. The Balaban J connectivity index is 2.12. The standard InChI is InChI=1S/C23H26ClNO2/c1-13(2)17-10-16(11-18(14(3)4)22(17)26)12-20-19-9-15(7-8-24)5-6-21(19)25-23(20)27/h5-6,9-14,26H,7-8H2,1-4H3,(H,25,27). The molecule has 0 unspecified atom stereocenters. The van der Waals surface area contributed by atoms with Crippen LogP contribution in [0.3, 0.4) is 0 Å². The quantitative estimate of drug-likeness (QED) is 0.497. The number of carbonyl (C=O) groups excluding carboxylic acids is 1. The van der Waals surface area contributed by atoms with E-state index in [4.69, 9.17) is 11.6 Å². The van der Waals surface area contributed by atoms with Gasteiger partial charge in [0, 0.05) is 22.7 Å². The highest BCUT2D eigenvalue weighted by Crippen LogP contribution is 2.38. The number of rotatable bonds is 5. The van der Waals surface area contributed by atoms with Gasteiger partial charge in [-0.25, -0.2) is 0 Å². The Kier molecular flexibility index (Phi) is 5.61. The van der Waals surface area contributed by atoms with Crippen LogP contribution in [0.1, 0.15) is 67.3 Å². The lowest BCUT2D eigenvalue weighted by molar-refractivity contribution is -0.110. The van der Waals surface area contributed by atoms with Crippen LogP contribution in [0, 0.1) is 0 Å². The summed E-state index contributed by atoms with van der Waals surface area (Å²) in [5, 5.41) is 13.5. The van der Waals surface area contributed by atoms with Crippen molar-refractivity contribution in [1.82, 2.24) is 0 Å². The predicted molar refractivity (Wildman–Crippen MR) is 114 cm³/mol. The zero-order chi connectivity index (χ0) is 19.7. The number of benzene rings is 2. The minimum atomic E-state index is -0.0988. The van der Waals surface area contributed by atoms with Gasteiger partial charge in [0.2, 0.25) is 0 Å². The van der Waals surface area contributed by atoms with Crippen molar-refractivity contribution in [2.75, 3.05) is 11.2 Å². The second-order valence-electron chi connectivity index (χ2n) is 7.69. The van der Waals surface area contributed by atoms with E-state index >= 15 is 0 Å². The van der Waals surface area contributed by atoms with Crippen LogP contribution >= 0.6 is 11.6 Å². The van der Waals surface area contributed by atoms with Crippen LogP contribution in [-0.4, -0.2) is 16.9 Å². The first-order chi connectivity index (χ1) is 12.8. The van der Waals surface area contributed by atoms with Crippen molar-refractivity contribution in [3.05, 3.63) is 58.1 Å². The zero-order valence-corrected chi connectivity index (χ0v) is 17.0. The Morgan fingerprint density at radius 1 is 1.07 bits per heavy atom. The van der Waals surface area contributed by atoms with Gasteiger partial charge in [-0.3, -0.25) is 4.79 Å².